The Morgan fingerprint density at radius 1 is 1.11 bits per heavy atom. The Hall–Kier alpha value is -1.75. The molecule has 5 rings (SSSR count). The maximum atomic E-state index is 6.02. The van der Waals surface area contributed by atoms with Crippen LogP contribution in [0.3, 0.4) is 0 Å². The molecular weight excluding hydrogens is 354 g/mol. The maximum absolute atomic E-state index is 6.02. The van der Waals surface area contributed by atoms with E-state index in [9.17, 15) is 0 Å². The number of thioether (sulfide) groups is 1. The quantitative estimate of drug-likeness (QED) is 0.664. The van der Waals surface area contributed by atoms with E-state index in [0.717, 1.165) is 13.2 Å². The van der Waals surface area contributed by atoms with Gasteiger partial charge in [0.15, 0.2) is 0 Å². The molecule has 1 atom stereocenters. The van der Waals surface area contributed by atoms with Crippen LogP contribution < -0.4 is 0 Å². The van der Waals surface area contributed by atoms with E-state index in [0.29, 0.717) is 13.2 Å². The molecule has 1 fully saturated rings. The molecule has 5 aliphatic rings. The van der Waals surface area contributed by atoms with Crippen LogP contribution in [0.1, 0.15) is 12.8 Å². The van der Waals surface area contributed by atoms with Gasteiger partial charge in [0.1, 0.15) is 6.61 Å². The SMILES string of the molecule is C1=CC2=C3C=CSC34C=C(COCCN3CCCC3)C=CC4=CC=C2CO1. The van der Waals surface area contributed by atoms with Crippen molar-refractivity contribution in [2.24, 2.45) is 0 Å². The standard InChI is InChI=1S/C23H25NO2S/c1-2-10-24(9-1)11-13-26-16-18-3-5-20-6-4-19-17-25-12-7-21(19)22-8-14-27-23(20,22)15-18/h3-8,12,14-15H,1-2,9-11,13,16-17H2. The Balaban J connectivity index is 1.35. The monoisotopic (exact) mass is 379 g/mol. The largest absolute Gasteiger partial charge is 0.496 e. The summed E-state index contributed by atoms with van der Waals surface area (Å²) < 4.78 is 11.4. The third-order valence-corrected chi connectivity index (χ3v) is 7.09. The lowest BCUT2D eigenvalue weighted by Gasteiger charge is -2.33. The van der Waals surface area contributed by atoms with Gasteiger partial charge in [-0.05, 0) is 71.4 Å². The summed E-state index contributed by atoms with van der Waals surface area (Å²) in [6.45, 7) is 5.66. The molecule has 27 heavy (non-hydrogen) atoms. The van der Waals surface area contributed by atoms with Gasteiger partial charge in [0, 0.05) is 6.54 Å². The minimum Gasteiger partial charge on any atom is -0.496 e. The van der Waals surface area contributed by atoms with E-state index in [-0.39, 0.29) is 4.75 Å². The minimum atomic E-state index is -0.127. The third kappa shape index (κ3) is 3.20. The van der Waals surface area contributed by atoms with Crippen molar-refractivity contribution in [2.45, 2.75) is 17.6 Å². The number of allylic oxidation sites excluding steroid dienone is 5. The lowest BCUT2D eigenvalue weighted by Crippen LogP contribution is -2.28. The van der Waals surface area contributed by atoms with Crippen molar-refractivity contribution in [2.75, 3.05) is 39.5 Å². The van der Waals surface area contributed by atoms with Crippen molar-refractivity contribution in [3.8, 4) is 0 Å². The number of hydrogen-bond acceptors (Lipinski definition) is 4. The summed E-state index contributed by atoms with van der Waals surface area (Å²) in [5.41, 5.74) is 6.51. The highest BCUT2D eigenvalue weighted by molar-refractivity contribution is 8.04. The molecule has 0 saturated carbocycles. The fourth-order valence-corrected chi connectivity index (χ4v) is 5.64. The van der Waals surface area contributed by atoms with Crippen LogP contribution in [0.25, 0.3) is 0 Å². The van der Waals surface area contributed by atoms with Crippen molar-refractivity contribution in [1.82, 2.24) is 4.90 Å². The molecule has 0 bridgehead atoms. The van der Waals surface area contributed by atoms with Crippen molar-refractivity contribution in [3.05, 3.63) is 82.1 Å². The first-order valence-electron chi connectivity index (χ1n) is 9.84. The van der Waals surface area contributed by atoms with Crippen LogP contribution in [-0.2, 0) is 9.47 Å². The predicted molar refractivity (Wildman–Crippen MR) is 111 cm³/mol. The number of hydrogen-bond donors (Lipinski definition) is 0. The highest BCUT2D eigenvalue weighted by Crippen LogP contribution is 2.53. The molecule has 1 unspecified atom stereocenters. The number of nitrogens with zero attached hydrogens (tertiary/aromatic N) is 1. The molecule has 3 nitrogen and oxygen atoms in total. The van der Waals surface area contributed by atoms with Crippen LogP contribution in [0.4, 0.5) is 0 Å². The van der Waals surface area contributed by atoms with Gasteiger partial charge in [0.25, 0.3) is 0 Å². The molecule has 0 N–H and O–H groups in total. The van der Waals surface area contributed by atoms with Crippen LogP contribution in [0.15, 0.2) is 82.1 Å². The summed E-state index contributed by atoms with van der Waals surface area (Å²) in [5.74, 6) is 0. The highest BCUT2D eigenvalue weighted by Gasteiger charge is 2.41. The van der Waals surface area contributed by atoms with E-state index in [1.165, 1.54) is 53.8 Å². The fourth-order valence-electron chi connectivity index (χ4n) is 4.42. The van der Waals surface area contributed by atoms with Gasteiger partial charge in [-0.3, -0.25) is 0 Å². The van der Waals surface area contributed by atoms with E-state index in [1.54, 1.807) is 0 Å². The second kappa shape index (κ2) is 7.34. The molecule has 1 spiro atoms. The van der Waals surface area contributed by atoms with Crippen molar-refractivity contribution in [3.63, 3.8) is 0 Å². The highest BCUT2D eigenvalue weighted by atomic mass is 32.2. The molecular formula is C23H25NO2S. The van der Waals surface area contributed by atoms with E-state index in [1.807, 2.05) is 18.0 Å². The average molecular weight is 380 g/mol. The van der Waals surface area contributed by atoms with Gasteiger partial charge >= 0.3 is 0 Å². The number of rotatable bonds is 5. The van der Waals surface area contributed by atoms with Gasteiger partial charge < -0.3 is 14.4 Å². The van der Waals surface area contributed by atoms with E-state index >= 15 is 0 Å². The summed E-state index contributed by atoms with van der Waals surface area (Å²) in [6.07, 6.45) is 20.2. The number of ether oxygens (including phenoxy) is 2. The minimum absolute atomic E-state index is 0.127. The van der Waals surface area contributed by atoms with Gasteiger partial charge in [0.05, 0.1) is 24.2 Å². The Morgan fingerprint density at radius 3 is 2.96 bits per heavy atom. The lowest BCUT2D eigenvalue weighted by atomic mass is 9.82. The zero-order valence-corrected chi connectivity index (χ0v) is 16.3. The summed E-state index contributed by atoms with van der Waals surface area (Å²) in [6, 6.07) is 0. The second-order valence-corrected chi connectivity index (χ2v) is 8.72. The van der Waals surface area contributed by atoms with Crippen LogP contribution in [0, 0.1) is 0 Å². The zero-order valence-electron chi connectivity index (χ0n) is 15.5. The number of fused-ring (bicyclic) bond motifs is 1. The molecule has 1 saturated heterocycles. The van der Waals surface area contributed by atoms with Crippen molar-refractivity contribution >= 4 is 11.8 Å². The van der Waals surface area contributed by atoms with Crippen molar-refractivity contribution < 1.29 is 9.47 Å². The molecule has 140 valence electrons. The molecule has 0 aromatic carbocycles. The maximum Gasteiger partial charge on any atom is 0.113 e. The van der Waals surface area contributed by atoms with Gasteiger partial charge in [-0.2, -0.15) is 0 Å². The Bertz CT molecular complexity index is 836. The first-order valence-corrected chi connectivity index (χ1v) is 10.7. The predicted octanol–water partition coefficient (Wildman–Crippen LogP) is 4.30. The summed E-state index contributed by atoms with van der Waals surface area (Å²) in [7, 11) is 0. The van der Waals surface area contributed by atoms with Gasteiger partial charge in [-0.15, -0.1) is 11.8 Å². The van der Waals surface area contributed by atoms with Gasteiger partial charge in [-0.1, -0.05) is 30.4 Å². The average Bonchev–Trinajstić information content (AvgIpc) is 3.33. The van der Waals surface area contributed by atoms with Crippen LogP contribution in [0.2, 0.25) is 0 Å². The fraction of sp³-hybridized carbons (Fsp3) is 0.391. The summed E-state index contributed by atoms with van der Waals surface area (Å²) >= 11 is 1.88. The van der Waals surface area contributed by atoms with Crippen molar-refractivity contribution in [1.29, 1.82) is 0 Å². The van der Waals surface area contributed by atoms with Crippen LogP contribution in [0.5, 0.6) is 0 Å². The van der Waals surface area contributed by atoms with E-state index in [2.05, 4.69) is 52.8 Å². The molecule has 0 aromatic heterocycles. The van der Waals surface area contributed by atoms with E-state index in [4.69, 9.17) is 9.47 Å². The molecule has 0 radical (unpaired) electrons. The van der Waals surface area contributed by atoms with Gasteiger partial charge in [-0.25, -0.2) is 0 Å². The number of likely N-dealkylation sites (tertiary alicyclic amines) is 1. The Kier molecular flexibility index (Phi) is 4.72. The normalized spacial score (nSPS) is 28.8. The topological polar surface area (TPSA) is 21.7 Å². The molecule has 2 aliphatic carbocycles. The smallest absolute Gasteiger partial charge is 0.113 e. The molecule has 3 heterocycles. The Labute approximate surface area is 165 Å². The molecule has 0 aromatic rings. The second-order valence-electron chi connectivity index (χ2n) is 7.57. The van der Waals surface area contributed by atoms with Gasteiger partial charge in [0.2, 0.25) is 0 Å². The molecule has 0 amide bonds. The van der Waals surface area contributed by atoms with Crippen LogP contribution in [-0.4, -0.2) is 49.1 Å². The first kappa shape index (κ1) is 17.4. The summed E-state index contributed by atoms with van der Waals surface area (Å²) in [5, 5.41) is 2.23. The summed E-state index contributed by atoms with van der Waals surface area (Å²) in [4.78, 5) is 2.50. The lowest BCUT2D eigenvalue weighted by molar-refractivity contribution is 0.130. The van der Waals surface area contributed by atoms with Crippen LogP contribution >= 0.6 is 11.8 Å². The Morgan fingerprint density at radius 2 is 2.04 bits per heavy atom. The molecule has 4 heteroatoms. The van der Waals surface area contributed by atoms with E-state index < -0.39 is 0 Å². The first-order chi connectivity index (χ1) is 13.4. The zero-order chi connectivity index (χ0) is 18.1. The third-order valence-electron chi connectivity index (χ3n) is 5.87. The molecule has 3 aliphatic heterocycles.